The molecule has 10 heteroatoms. The van der Waals surface area contributed by atoms with Crippen LogP contribution in [0.3, 0.4) is 0 Å². The van der Waals surface area contributed by atoms with Gasteiger partial charge < -0.3 is 19.4 Å². The van der Waals surface area contributed by atoms with Crippen LogP contribution in [0.25, 0.3) is 22.6 Å². The number of hydrogen-bond donors (Lipinski definition) is 1. The standard InChI is InChI=1S/C30H25N7O3/c38-24-18-20-10-4-5-11-21(20)25(19-8-2-1-3-9-19)33-27(24)34-30-36-35-29(40-30)26-28(37-14-16-39-17-15-37)32-23-13-7-6-12-22(23)31-26/h1-13,27H,14-18H2,(H,34,36)/t27-/m1/s1. The van der Waals surface area contributed by atoms with Crippen molar-refractivity contribution in [2.75, 3.05) is 36.5 Å². The van der Waals surface area contributed by atoms with Crippen molar-refractivity contribution in [3.8, 4) is 11.6 Å². The van der Waals surface area contributed by atoms with Gasteiger partial charge in [0.15, 0.2) is 23.5 Å². The molecule has 198 valence electrons. The summed E-state index contributed by atoms with van der Waals surface area (Å²) in [5.74, 6) is 0.763. The fourth-order valence-electron chi connectivity index (χ4n) is 5.02. The lowest BCUT2D eigenvalue weighted by Crippen LogP contribution is -2.37. The summed E-state index contributed by atoms with van der Waals surface area (Å²) in [6.07, 6.45) is -0.677. The van der Waals surface area contributed by atoms with Crippen LogP contribution >= 0.6 is 0 Å². The summed E-state index contributed by atoms with van der Waals surface area (Å²) < 4.78 is 11.6. The molecule has 3 aromatic carbocycles. The number of morpholine rings is 1. The molecular formula is C30H25N7O3. The predicted molar refractivity (Wildman–Crippen MR) is 151 cm³/mol. The molecule has 4 heterocycles. The molecule has 0 spiro atoms. The molecule has 0 radical (unpaired) electrons. The number of carbonyl (C=O) groups is 1. The number of ketones is 1. The second-order valence-electron chi connectivity index (χ2n) is 9.59. The molecule has 5 aromatic rings. The minimum Gasteiger partial charge on any atom is -0.401 e. The summed E-state index contributed by atoms with van der Waals surface area (Å²) in [5, 5.41) is 11.6. The van der Waals surface area contributed by atoms with Crippen LogP contribution in [0.5, 0.6) is 0 Å². The lowest BCUT2D eigenvalue weighted by Gasteiger charge is -2.28. The van der Waals surface area contributed by atoms with E-state index in [1.807, 2.05) is 78.9 Å². The Bertz CT molecular complexity index is 1730. The quantitative estimate of drug-likeness (QED) is 0.360. The van der Waals surface area contributed by atoms with E-state index < -0.39 is 6.17 Å². The van der Waals surface area contributed by atoms with Crippen LogP contribution in [-0.4, -0.2) is 64.1 Å². The number of ether oxygens (including phenoxy) is 1. The maximum Gasteiger partial charge on any atom is 0.317 e. The van der Waals surface area contributed by atoms with Crippen molar-refractivity contribution < 1.29 is 13.9 Å². The molecule has 1 fully saturated rings. The van der Waals surface area contributed by atoms with E-state index in [0.717, 1.165) is 33.4 Å². The Hall–Kier alpha value is -4.96. The minimum absolute atomic E-state index is 0.0818. The van der Waals surface area contributed by atoms with Crippen LogP contribution in [0.15, 0.2) is 88.3 Å². The Morgan fingerprint density at radius 1 is 0.825 bits per heavy atom. The van der Waals surface area contributed by atoms with E-state index in [-0.39, 0.29) is 24.1 Å². The van der Waals surface area contributed by atoms with Gasteiger partial charge in [-0.25, -0.2) is 9.97 Å². The van der Waals surface area contributed by atoms with Crippen LogP contribution < -0.4 is 10.2 Å². The van der Waals surface area contributed by atoms with Crippen LogP contribution in [0.1, 0.15) is 16.7 Å². The van der Waals surface area contributed by atoms with E-state index in [2.05, 4.69) is 20.4 Å². The molecule has 0 unspecified atom stereocenters. The second kappa shape index (κ2) is 10.3. The normalized spacial score (nSPS) is 17.3. The number of benzene rings is 3. The first kappa shape index (κ1) is 24.1. The van der Waals surface area contributed by atoms with E-state index in [1.165, 1.54) is 0 Å². The lowest BCUT2D eigenvalue weighted by atomic mass is 9.96. The Kier molecular flexibility index (Phi) is 6.21. The van der Waals surface area contributed by atoms with Crippen LogP contribution in [0.2, 0.25) is 0 Å². The molecule has 10 nitrogen and oxygen atoms in total. The third-order valence-electron chi connectivity index (χ3n) is 7.00. The first-order valence-electron chi connectivity index (χ1n) is 13.2. The number of hydrogen-bond acceptors (Lipinski definition) is 10. The Morgan fingerprint density at radius 2 is 1.55 bits per heavy atom. The van der Waals surface area contributed by atoms with E-state index in [4.69, 9.17) is 24.1 Å². The van der Waals surface area contributed by atoms with Crippen molar-refractivity contribution in [3.05, 3.63) is 95.6 Å². The molecule has 40 heavy (non-hydrogen) atoms. The Morgan fingerprint density at radius 3 is 2.38 bits per heavy atom. The Balaban J connectivity index is 1.25. The largest absolute Gasteiger partial charge is 0.401 e. The maximum absolute atomic E-state index is 13.3. The van der Waals surface area contributed by atoms with Crippen LogP contribution in [0.4, 0.5) is 11.8 Å². The van der Waals surface area contributed by atoms with Gasteiger partial charge in [-0.05, 0) is 17.7 Å². The zero-order valence-electron chi connectivity index (χ0n) is 21.5. The summed E-state index contributed by atoms with van der Waals surface area (Å²) in [5.41, 5.74) is 5.48. The number of nitrogens with zero attached hydrogens (tertiary/aromatic N) is 6. The fourth-order valence-corrected chi connectivity index (χ4v) is 5.02. The second-order valence-corrected chi connectivity index (χ2v) is 9.59. The zero-order chi connectivity index (χ0) is 26.9. The first-order valence-corrected chi connectivity index (χ1v) is 13.2. The van der Waals surface area contributed by atoms with Gasteiger partial charge >= 0.3 is 6.01 Å². The van der Waals surface area contributed by atoms with Gasteiger partial charge in [0, 0.05) is 30.6 Å². The molecule has 0 bridgehead atoms. The smallest absolute Gasteiger partial charge is 0.317 e. The molecule has 1 N–H and O–H groups in total. The van der Waals surface area contributed by atoms with E-state index in [9.17, 15) is 4.79 Å². The van der Waals surface area contributed by atoms with E-state index in [1.54, 1.807) is 0 Å². The van der Waals surface area contributed by atoms with Crippen molar-refractivity contribution in [2.24, 2.45) is 4.99 Å². The number of Topliss-reactive ketones (excluding diaryl/α,β-unsaturated/α-hetero) is 1. The highest BCUT2D eigenvalue weighted by molar-refractivity contribution is 6.16. The number of fused-ring (bicyclic) bond motifs is 2. The van der Waals surface area contributed by atoms with Gasteiger partial charge in [-0.15, -0.1) is 5.10 Å². The molecular weight excluding hydrogens is 506 g/mol. The van der Waals surface area contributed by atoms with Crippen LogP contribution in [-0.2, 0) is 16.0 Å². The minimum atomic E-state index is -0.905. The number of aromatic nitrogens is 4. The number of para-hydroxylation sites is 2. The number of carbonyl (C=O) groups excluding carboxylic acids is 1. The number of nitrogens with one attached hydrogen (secondary N) is 1. The molecule has 1 atom stereocenters. The topological polar surface area (TPSA) is 119 Å². The van der Waals surface area contributed by atoms with Crippen molar-refractivity contribution in [3.63, 3.8) is 0 Å². The summed E-state index contributed by atoms with van der Waals surface area (Å²) in [7, 11) is 0. The maximum atomic E-state index is 13.3. The van der Waals surface area contributed by atoms with E-state index in [0.29, 0.717) is 37.8 Å². The SMILES string of the molecule is O=C1Cc2ccccc2C(c2ccccc2)=N[C@@H]1Nc1nnc(-c2nc3ccccc3nc2N2CCOCC2)o1. The van der Waals surface area contributed by atoms with Gasteiger partial charge in [-0.3, -0.25) is 9.79 Å². The molecule has 0 aliphatic carbocycles. The summed E-state index contributed by atoms with van der Waals surface area (Å²) in [6.45, 7) is 2.54. The third-order valence-corrected chi connectivity index (χ3v) is 7.00. The molecule has 1 saturated heterocycles. The highest BCUT2D eigenvalue weighted by Gasteiger charge is 2.28. The molecule has 2 aliphatic rings. The van der Waals surface area contributed by atoms with E-state index >= 15 is 0 Å². The summed E-state index contributed by atoms with van der Waals surface area (Å²) >= 11 is 0. The van der Waals surface area contributed by atoms with Gasteiger partial charge in [0.25, 0.3) is 5.89 Å². The Labute approximate surface area is 229 Å². The molecule has 7 rings (SSSR count). The molecule has 0 amide bonds. The van der Waals surface area contributed by atoms with Gasteiger partial charge in [0.2, 0.25) is 0 Å². The van der Waals surface area contributed by atoms with Gasteiger partial charge in [0.1, 0.15) is 0 Å². The molecule has 2 aromatic heterocycles. The number of rotatable bonds is 5. The van der Waals surface area contributed by atoms with Gasteiger partial charge in [0.05, 0.1) is 30.0 Å². The number of aliphatic imine (C=N–C) groups is 1. The van der Waals surface area contributed by atoms with Crippen molar-refractivity contribution >= 4 is 34.4 Å². The summed E-state index contributed by atoms with van der Waals surface area (Å²) in [6, 6.07) is 25.4. The highest BCUT2D eigenvalue weighted by Crippen LogP contribution is 2.31. The lowest BCUT2D eigenvalue weighted by molar-refractivity contribution is -0.119. The molecule has 2 aliphatic heterocycles. The van der Waals surface area contributed by atoms with Gasteiger partial charge in [-0.2, -0.15) is 0 Å². The summed E-state index contributed by atoms with van der Waals surface area (Å²) in [4.78, 5) is 30.0. The van der Waals surface area contributed by atoms with Crippen LogP contribution in [0, 0.1) is 0 Å². The zero-order valence-corrected chi connectivity index (χ0v) is 21.5. The monoisotopic (exact) mass is 531 g/mol. The highest BCUT2D eigenvalue weighted by atomic mass is 16.5. The average Bonchev–Trinajstić information content (AvgIpc) is 3.43. The predicted octanol–water partition coefficient (Wildman–Crippen LogP) is 3.92. The van der Waals surface area contributed by atoms with Gasteiger partial charge in [-0.1, -0.05) is 71.8 Å². The molecule has 0 saturated carbocycles. The average molecular weight is 532 g/mol. The number of anilines is 2. The fraction of sp³-hybridized carbons (Fsp3) is 0.200. The van der Waals surface area contributed by atoms with Crippen molar-refractivity contribution in [1.29, 1.82) is 0 Å². The third kappa shape index (κ3) is 4.58. The van der Waals surface area contributed by atoms with Crippen molar-refractivity contribution in [2.45, 2.75) is 12.6 Å². The van der Waals surface area contributed by atoms with Crippen molar-refractivity contribution in [1.82, 2.24) is 20.2 Å². The first-order chi connectivity index (χ1) is 19.7.